The maximum Gasteiger partial charge on any atom is 0.258 e. The number of hydrogen-bond acceptors (Lipinski definition) is 7. The summed E-state index contributed by atoms with van der Waals surface area (Å²) in [7, 11) is 1.82. The molecular weight excluding hydrogens is 304 g/mol. The number of rotatable bonds is 3. The number of hydrogen-bond donors (Lipinski definition) is 2. The highest BCUT2D eigenvalue weighted by Gasteiger charge is 2.21. The molecule has 122 valence electrons. The maximum atomic E-state index is 5.49. The summed E-state index contributed by atoms with van der Waals surface area (Å²) in [6.07, 6.45) is 4.59. The average molecular weight is 322 g/mol. The topological polar surface area (TPSA) is 88.8 Å². The summed E-state index contributed by atoms with van der Waals surface area (Å²) in [6, 6.07) is 3.74. The van der Waals surface area contributed by atoms with Crippen molar-refractivity contribution in [1.82, 2.24) is 25.4 Å². The molecule has 1 aliphatic rings. The van der Waals surface area contributed by atoms with E-state index in [1.165, 1.54) is 11.1 Å². The first kappa shape index (κ1) is 14.8. The Labute approximate surface area is 139 Å². The molecule has 4 rings (SSSR count). The molecule has 3 aromatic heterocycles. The molecule has 0 radical (unpaired) electrons. The van der Waals surface area contributed by atoms with E-state index in [0.29, 0.717) is 11.7 Å². The number of anilines is 1. The van der Waals surface area contributed by atoms with E-state index in [1.807, 2.05) is 32.3 Å². The van der Waals surface area contributed by atoms with E-state index in [2.05, 4.69) is 30.7 Å². The Morgan fingerprint density at radius 1 is 1.29 bits per heavy atom. The summed E-state index contributed by atoms with van der Waals surface area (Å²) >= 11 is 0. The second-order valence-corrected chi connectivity index (χ2v) is 5.75. The molecule has 0 fully saturated rings. The van der Waals surface area contributed by atoms with Gasteiger partial charge in [-0.2, -0.15) is 4.98 Å². The van der Waals surface area contributed by atoms with Crippen LogP contribution in [0.4, 0.5) is 5.82 Å². The minimum atomic E-state index is 0.481. The maximum absolute atomic E-state index is 5.49. The van der Waals surface area contributed by atoms with E-state index in [0.717, 1.165) is 42.1 Å². The van der Waals surface area contributed by atoms with Gasteiger partial charge in [0, 0.05) is 42.8 Å². The number of aromatic nitrogens is 4. The van der Waals surface area contributed by atoms with Crippen LogP contribution in [-0.4, -0.2) is 33.7 Å². The number of nitrogens with one attached hydrogen (secondary N) is 2. The van der Waals surface area contributed by atoms with Crippen molar-refractivity contribution in [2.24, 2.45) is 0 Å². The van der Waals surface area contributed by atoms with Crippen LogP contribution < -0.4 is 10.6 Å². The van der Waals surface area contributed by atoms with Gasteiger partial charge in [0.05, 0.1) is 0 Å². The molecule has 3 aromatic rings. The van der Waals surface area contributed by atoms with Crippen LogP contribution in [-0.2, 0) is 13.0 Å². The second kappa shape index (κ2) is 6.01. The second-order valence-electron chi connectivity index (χ2n) is 5.75. The van der Waals surface area contributed by atoms with Gasteiger partial charge < -0.3 is 15.2 Å². The van der Waals surface area contributed by atoms with Crippen molar-refractivity contribution in [3.05, 3.63) is 41.3 Å². The molecule has 0 aromatic carbocycles. The Hall–Kier alpha value is -2.80. The smallest absolute Gasteiger partial charge is 0.258 e. The zero-order valence-electron chi connectivity index (χ0n) is 13.6. The van der Waals surface area contributed by atoms with Crippen molar-refractivity contribution in [1.29, 1.82) is 0 Å². The number of aryl methyl sites for hydroxylation is 1. The Bertz CT molecular complexity index is 889. The average Bonchev–Trinajstić information content (AvgIpc) is 3.11. The van der Waals surface area contributed by atoms with Gasteiger partial charge in [0.1, 0.15) is 5.82 Å². The van der Waals surface area contributed by atoms with E-state index in [9.17, 15) is 0 Å². The molecule has 1 aliphatic heterocycles. The third-order valence-corrected chi connectivity index (χ3v) is 4.25. The fraction of sp³-hybridized carbons (Fsp3) is 0.294. The first-order chi connectivity index (χ1) is 11.8. The molecule has 0 unspecified atom stereocenters. The molecule has 0 aliphatic carbocycles. The molecule has 7 nitrogen and oxygen atoms in total. The van der Waals surface area contributed by atoms with E-state index >= 15 is 0 Å². The van der Waals surface area contributed by atoms with Gasteiger partial charge in [-0.1, -0.05) is 5.16 Å². The normalized spacial score (nSPS) is 13.6. The molecule has 7 heteroatoms. The number of nitrogens with zero attached hydrogens (tertiary/aromatic N) is 4. The quantitative estimate of drug-likeness (QED) is 0.764. The minimum Gasteiger partial charge on any atom is -0.373 e. The van der Waals surface area contributed by atoms with E-state index in [1.54, 1.807) is 6.20 Å². The van der Waals surface area contributed by atoms with Crippen molar-refractivity contribution in [2.75, 3.05) is 18.9 Å². The largest absolute Gasteiger partial charge is 0.373 e. The summed E-state index contributed by atoms with van der Waals surface area (Å²) in [6.45, 7) is 3.76. The van der Waals surface area contributed by atoms with Gasteiger partial charge in [0.15, 0.2) is 0 Å². The molecule has 0 saturated carbocycles. The van der Waals surface area contributed by atoms with Gasteiger partial charge in [0.2, 0.25) is 5.82 Å². The molecule has 4 heterocycles. The van der Waals surface area contributed by atoms with E-state index in [4.69, 9.17) is 4.52 Å². The summed E-state index contributed by atoms with van der Waals surface area (Å²) in [4.78, 5) is 13.3. The summed E-state index contributed by atoms with van der Waals surface area (Å²) in [5.74, 6) is 1.83. The third kappa shape index (κ3) is 2.52. The lowest BCUT2D eigenvalue weighted by Gasteiger charge is -2.19. The molecule has 0 saturated heterocycles. The van der Waals surface area contributed by atoms with Crippen LogP contribution in [0.5, 0.6) is 0 Å². The molecular formula is C17H18N6O. The van der Waals surface area contributed by atoms with E-state index in [-0.39, 0.29) is 0 Å². The highest BCUT2D eigenvalue weighted by Crippen LogP contribution is 2.30. The monoisotopic (exact) mass is 322 g/mol. The Kier molecular flexibility index (Phi) is 3.70. The van der Waals surface area contributed by atoms with Crippen molar-refractivity contribution in [3.8, 4) is 22.8 Å². The standard InChI is InChI=1S/C17H18N6O/c1-10-15(13-4-5-19-8-12(13)9-21-10)16-22-17(24-23-16)11-3-6-20-14(7-11)18-2/h3,6-7,9,19H,4-5,8H2,1-2H3,(H,18,20). The van der Waals surface area contributed by atoms with Gasteiger partial charge in [-0.05, 0) is 43.1 Å². The van der Waals surface area contributed by atoms with Crippen molar-refractivity contribution < 1.29 is 4.52 Å². The lowest BCUT2D eigenvalue weighted by Crippen LogP contribution is -2.24. The lowest BCUT2D eigenvalue weighted by molar-refractivity contribution is 0.432. The highest BCUT2D eigenvalue weighted by atomic mass is 16.5. The van der Waals surface area contributed by atoms with Crippen LogP contribution in [0, 0.1) is 6.92 Å². The predicted octanol–water partition coefficient (Wildman–Crippen LogP) is 2.19. The predicted molar refractivity (Wildman–Crippen MR) is 90.5 cm³/mol. The van der Waals surface area contributed by atoms with E-state index < -0.39 is 0 Å². The third-order valence-electron chi connectivity index (χ3n) is 4.25. The minimum absolute atomic E-state index is 0.481. The van der Waals surface area contributed by atoms with Crippen LogP contribution in [0.3, 0.4) is 0 Å². The van der Waals surface area contributed by atoms with Crippen molar-refractivity contribution in [2.45, 2.75) is 19.9 Å². The summed E-state index contributed by atoms with van der Waals surface area (Å²) in [5, 5.41) is 10.6. The molecule has 24 heavy (non-hydrogen) atoms. The first-order valence-corrected chi connectivity index (χ1v) is 7.92. The van der Waals surface area contributed by atoms with Gasteiger partial charge in [-0.25, -0.2) is 4.98 Å². The highest BCUT2D eigenvalue weighted by molar-refractivity contribution is 5.67. The van der Waals surface area contributed by atoms with Crippen LogP contribution in [0.25, 0.3) is 22.8 Å². The summed E-state index contributed by atoms with van der Waals surface area (Å²) < 4.78 is 5.49. The van der Waals surface area contributed by atoms with Crippen molar-refractivity contribution >= 4 is 5.82 Å². The van der Waals surface area contributed by atoms with Crippen molar-refractivity contribution in [3.63, 3.8) is 0 Å². The van der Waals surface area contributed by atoms with Crippen LogP contribution in [0.2, 0.25) is 0 Å². The molecule has 2 N–H and O–H groups in total. The van der Waals surface area contributed by atoms with Gasteiger partial charge in [-0.3, -0.25) is 4.98 Å². The molecule has 0 spiro atoms. The lowest BCUT2D eigenvalue weighted by atomic mass is 9.95. The zero-order chi connectivity index (χ0) is 16.5. The Morgan fingerprint density at radius 2 is 2.21 bits per heavy atom. The Morgan fingerprint density at radius 3 is 3.08 bits per heavy atom. The fourth-order valence-corrected chi connectivity index (χ4v) is 3.01. The Balaban J connectivity index is 1.78. The molecule has 0 bridgehead atoms. The van der Waals surface area contributed by atoms with Crippen LogP contribution in [0.1, 0.15) is 16.8 Å². The number of pyridine rings is 2. The fourth-order valence-electron chi connectivity index (χ4n) is 3.01. The van der Waals surface area contributed by atoms with Gasteiger partial charge in [-0.15, -0.1) is 0 Å². The van der Waals surface area contributed by atoms with Crippen LogP contribution >= 0.6 is 0 Å². The SMILES string of the molecule is CNc1cc(-c2nc(-c3c(C)ncc4c3CCNC4)no2)ccn1. The molecule has 0 amide bonds. The van der Waals surface area contributed by atoms with Crippen LogP contribution in [0.15, 0.2) is 29.0 Å². The number of fused-ring (bicyclic) bond motifs is 1. The first-order valence-electron chi connectivity index (χ1n) is 7.92. The zero-order valence-corrected chi connectivity index (χ0v) is 13.6. The van der Waals surface area contributed by atoms with Gasteiger partial charge in [0.25, 0.3) is 5.89 Å². The summed E-state index contributed by atoms with van der Waals surface area (Å²) in [5.41, 5.74) is 5.22. The molecule has 0 atom stereocenters. The van der Waals surface area contributed by atoms with Gasteiger partial charge >= 0.3 is 0 Å².